The van der Waals surface area contributed by atoms with Gasteiger partial charge >= 0.3 is 0 Å². The number of amides is 2. The predicted octanol–water partition coefficient (Wildman–Crippen LogP) is 4.80. The second-order valence-electron chi connectivity index (χ2n) is 13.6. The fourth-order valence-electron chi connectivity index (χ4n) is 8.03. The molecule has 2 N–H and O–H groups in total. The van der Waals surface area contributed by atoms with E-state index in [1.807, 2.05) is 21.9 Å². The van der Waals surface area contributed by atoms with Crippen LogP contribution in [0.5, 0.6) is 0 Å². The van der Waals surface area contributed by atoms with Gasteiger partial charge in [-0.25, -0.2) is 4.98 Å². The molecule has 45 heavy (non-hydrogen) atoms. The maximum atomic E-state index is 13.7. The second kappa shape index (κ2) is 10.3. The van der Waals surface area contributed by atoms with Crippen LogP contribution >= 0.6 is 0 Å². The lowest BCUT2D eigenvalue weighted by atomic mass is 9.98. The lowest BCUT2D eigenvalue weighted by Crippen LogP contribution is -2.51. The van der Waals surface area contributed by atoms with Crippen LogP contribution in [-0.4, -0.2) is 72.4 Å². The van der Waals surface area contributed by atoms with E-state index in [2.05, 4.69) is 50.5 Å². The van der Waals surface area contributed by atoms with Gasteiger partial charge in [0.25, 0.3) is 11.8 Å². The Bertz CT molecular complexity index is 1950. The number of carbonyl (C=O) groups is 2. The molecule has 2 bridgehead atoms. The molecule has 2 aromatic carbocycles. The zero-order chi connectivity index (χ0) is 30.2. The number of para-hydroxylation sites is 1. The Kier molecular flexibility index (Phi) is 6.13. The predicted molar refractivity (Wildman–Crippen MR) is 173 cm³/mol. The van der Waals surface area contributed by atoms with Crippen LogP contribution in [0.15, 0.2) is 73.1 Å². The molecule has 2 aliphatic carbocycles. The van der Waals surface area contributed by atoms with Crippen LogP contribution in [0.1, 0.15) is 46.4 Å². The van der Waals surface area contributed by atoms with Crippen molar-refractivity contribution in [3.63, 3.8) is 0 Å². The highest BCUT2D eigenvalue weighted by Crippen LogP contribution is 2.39. The summed E-state index contributed by atoms with van der Waals surface area (Å²) < 4.78 is 4.77. The number of piperidine rings is 1. The second-order valence-corrected chi connectivity index (χ2v) is 13.6. The quantitative estimate of drug-likeness (QED) is 0.290. The third-order valence-corrected chi connectivity index (χ3v) is 10.7. The first-order valence-corrected chi connectivity index (χ1v) is 16.4. The van der Waals surface area contributed by atoms with E-state index >= 15 is 0 Å². The van der Waals surface area contributed by atoms with Crippen LogP contribution in [0.25, 0.3) is 33.5 Å². The van der Waals surface area contributed by atoms with Crippen LogP contribution in [0.4, 0.5) is 0 Å². The topological polar surface area (TPSA) is 102 Å². The van der Waals surface area contributed by atoms with Gasteiger partial charge in [-0.1, -0.05) is 18.2 Å². The molecule has 9 heteroatoms. The van der Waals surface area contributed by atoms with E-state index < -0.39 is 0 Å². The summed E-state index contributed by atoms with van der Waals surface area (Å²) in [7, 11) is 0. The molecule has 9 nitrogen and oxygen atoms in total. The largest absolute Gasteiger partial charge is 0.338 e. The number of nitrogens with zero attached hydrogens (tertiary/aromatic N) is 6. The van der Waals surface area contributed by atoms with Gasteiger partial charge in [0.15, 0.2) is 5.82 Å². The highest BCUT2D eigenvalue weighted by atomic mass is 16.2. The number of pyridine rings is 1. The van der Waals surface area contributed by atoms with Gasteiger partial charge in [-0.2, -0.15) is 0 Å². The van der Waals surface area contributed by atoms with E-state index in [-0.39, 0.29) is 23.9 Å². The van der Waals surface area contributed by atoms with E-state index in [4.69, 9.17) is 10.7 Å². The number of hydrogen-bond donors (Lipinski definition) is 1. The van der Waals surface area contributed by atoms with Crippen molar-refractivity contribution < 1.29 is 9.59 Å². The molecule has 3 atom stereocenters. The minimum atomic E-state index is 0.0485. The summed E-state index contributed by atoms with van der Waals surface area (Å²) in [6.07, 6.45) is 7.96. The third-order valence-electron chi connectivity index (χ3n) is 10.7. The van der Waals surface area contributed by atoms with Gasteiger partial charge in [0.05, 0.1) is 16.7 Å². The minimum Gasteiger partial charge on any atom is -0.338 e. The Morgan fingerprint density at radius 1 is 0.778 bits per heavy atom. The fourth-order valence-corrected chi connectivity index (χ4v) is 8.03. The first-order valence-electron chi connectivity index (χ1n) is 16.4. The number of hydrogen-bond acceptors (Lipinski definition) is 5. The first kappa shape index (κ1) is 26.9. The Labute approximate surface area is 261 Å². The minimum absolute atomic E-state index is 0.0485. The number of nitrogens with two attached hydrogens (primary N) is 1. The third kappa shape index (κ3) is 4.47. The first-order chi connectivity index (χ1) is 22.0. The van der Waals surface area contributed by atoms with Gasteiger partial charge in [-0.3, -0.25) is 14.6 Å². The molecule has 0 spiro atoms. The summed E-state index contributed by atoms with van der Waals surface area (Å²) in [4.78, 5) is 40.0. The molecule has 228 valence electrons. The summed E-state index contributed by atoms with van der Waals surface area (Å²) in [5.74, 6) is 2.44. The lowest BCUT2D eigenvalue weighted by molar-refractivity contribution is 0.0471. The van der Waals surface area contributed by atoms with Gasteiger partial charge in [0.2, 0.25) is 0 Å². The Morgan fingerprint density at radius 3 is 2.33 bits per heavy atom. The Morgan fingerprint density at radius 2 is 1.58 bits per heavy atom. The van der Waals surface area contributed by atoms with Crippen molar-refractivity contribution >= 4 is 33.8 Å². The molecular weight excluding hydrogens is 562 g/mol. The number of imidazole rings is 1. The van der Waals surface area contributed by atoms with Gasteiger partial charge in [0.1, 0.15) is 0 Å². The van der Waals surface area contributed by atoms with Gasteiger partial charge in [-0.05, 0) is 80.0 Å². The highest BCUT2D eigenvalue weighted by Gasteiger charge is 2.47. The van der Waals surface area contributed by atoms with E-state index in [0.29, 0.717) is 42.0 Å². The average Bonchev–Trinajstić information content (AvgIpc) is 3.41. The van der Waals surface area contributed by atoms with Crippen LogP contribution in [0.3, 0.4) is 0 Å². The number of rotatable bonds is 7. The maximum Gasteiger partial charge on any atom is 0.254 e. The van der Waals surface area contributed by atoms with E-state index in [1.165, 1.54) is 23.7 Å². The molecule has 5 aromatic rings. The van der Waals surface area contributed by atoms with Crippen LogP contribution in [-0.2, 0) is 13.1 Å². The normalized spacial score (nSPS) is 22.9. The SMILES string of the molecule is N[C@@H]1[C@@H]2CC[C@H]1N(C(=O)c1ccc3c(c1)nc(-c1cc4ccccc4n1CC1CC1)n3CC1CN(C(=O)c3ccncc3)C1)C2. The molecule has 9 rings (SSSR count). The zero-order valence-electron chi connectivity index (χ0n) is 25.3. The molecular formula is C36H37N7O2. The van der Waals surface area contributed by atoms with E-state index in [0.717, 1.165) is 55.0 Å². The summed E-state index contributed by atoms with van der Waals surface area (Å²) in [5, 5.41) is 1.21. The lowest BCUT2D eigenvalue weighted by Gasteiger charge is -2.39. The van der Waals surface area contributed by atoms with Crippen LogP contribution in [0.2, 0.25) is 0 Å². The van der Waals surface area contributed by atoms with E-state index in [1.54, 1.807) is 24.5 Å². The van der Waals surface area contributed by atoms with Crippen LogP contribution < -0.4 is 5.73 Å². The monoisotopic (exact) mass is 599 g/mol. The van der Waals surface area contributed by atoms with Gasteiger partial charge < -0.3 is 24.7 Å². The number of aromatic nitrogens is 4. The fraction of sp³-hybridized carbons (Fsp3) is 0.389. The molecule has 0 unspecified atom stereocenters. The Balaban J connectivity index is 1.08. The van der Waals surface area contributed by atoms with Crippen molar-refractivity contribution in [2.24, 2.45) is 23.5 Å². The van der Waals surface area contributed by atoms with Gasteiger partial charge in [0, 0.05) is 85.1 Å². The summed E-state index contributed by atoms with van der Waals surface area (Å²) >= 11 is 0. The number of fused-ring (bicyclic) bond motifs is 4. The van der Waals surface area contributed by atoms with Crippen molar-refractivity contribution in [3.05, 3.63) is 84.2 Å². The van der Waals surface area contributed by atoms with Crippen molar-refractivity contribution in [2.45, 2.75) is 50.9 Å². The molecule has 2 amide bonds. The molecule has 2 saturated heterocycles. The van der Waals surface area contributed by atoms with Gasteiger partial charge in [-0.15, -0.1) is 0 Å². The standard InChI is InChI=1S/C36H37N7O2/c37-33-27-8-10-31(33)43(21-27)36(45)26-7-9-30-28(15-26)39-34(32-16-25-3-1-2-4-29(25)41(32)19-22-5-6-22)42(30)20-23-17-40(18-23)35(44)24-11-13-38-14-12-24/h1-4,7,9,11-16,22-23,27,31,33H,5-6,8,10,17-21,37H2/t27-,31-,33-/m1/s1. The molecule has 4 fully saturated rings. The molecule has 0 radical (unpaired) electrons. The summed E-state index contributed by atoms with van der Waals surface area (Å²) in [6, 6.07) is 20.6. The number of likely N-dealkylation sites (tertiary alicyclic amines) is 2. The summed E-state index contributed by atoms with van der Waals surface area (Å²) in [5.41, 5.74) is 12.0. The number of benzene rings is 2. The smallest absolute Gasteiger partial charge is 0.254 e. The average molecular weight is 600 g/mol. The number of carbonyl (C=O) groups excluding carboxylic acids is 2. The molecule has 3 aromatic heterocycles. The Hall–Kier alpha value is -4.50. The molecule has 4 aliphatic rings. The maximum absolute atomic E-state index is 13.7. The van der Waals surface area contributed by atoms with E-state index in [9.17, 15) is 9.59 Å². The van der Waals surface area contributed by atoms with Crippen molar-refractivity contribution in [1.82, 2.24) is 28.9 Å². The highest BCUT2D eigenvalue weighted by molar-refractivity contribution is 5.99. The zero-order valence-corrected chi connectivity index (χ0v) is 25.3. The molecule has 5 heterocycles. The molecule has 2 aliphatic heterocycles. The van der Waals surface area contributed by atoms with Crippen molar-refractivity contribution in [1.29, 1.82) is 0 Å². The van der Waals surface area contributed by atoms with Crippen molar-refractivity contribution in [2.75, 3.05) is 19.6 Å². The van der Waals surface area contributed by atoms with Crippen LogP contribution in [0, 0.1) is 17.8 Å². The molecule has 2 saturated carbocycles. The van der Waals surface area contributed by atoms with Crippen molar-refractivity contribution in [3.8, 4) is 11.5 Å². The summed E-state index contributed by atoms with van der Waals surface area (Å²) in [6.45, 7) is 3.86.